The normalized spacial score (nSPS) is 11.3. The lowest BCUT2D eigenvalue weighted by Crippen LogP contribution is -2.25. The van der Waals surface area contributed by atoms with E-state index in [1.54, 1.807) is 24.7 Å². The smallest absolute Gasteiger partial charge is 0.291 e. The molecule has 0 aliphatic heterocycles. The minimum Gasteiger partial charge on any atom is -0.493 e. The predicted molar refractivity (Wildman–Crippen MR) is 236 cm³/mol. The highest BCUT2D eigenvalue weighted by Crippen LogP contribution is 2.34. The number of nitrogens with zero attached hydrogens (tertiary/aromatic N) is 5. The molecule has 2 amide bonds. The van der Waals surface area contributed by atoms with Crippen LogP contribution in [0.5, 0.6) is 11.5 Å². The van der Waals surface area contributed by atoms with Crippen LogP contribution < -0.4 is 25.5 Å². The Bertz CT molecular complexity index is 2920. The number of amides is 2. The maximum atomic E-state index is 13.9. The number of carbonyl (C=O) groups excluding carboxylic acids is 2. The summed E-state index contributed by atoms with van der Waals surface area (Å²) in [7, 11) is 4.87. The molecule has 0 aliphatic rings. The Labute approximate surface area is 352 Å². The van der Waals surface area contributed by atoms with E-state index in [0.717, 1.165) is 66.3 Å². The van der Waals surface area contributed by atoms with Crippen molar-refractivity contribution < 1.29 is 23.5 Å². The fourth-order valence-electron chi connectivity index (χ4n) is 7.40. The predicted octanol–water partition coefficient (Wildman–Crippen LogP) is 8.19. The van der Waals surface area contributed by atoms with Gasteiger partial charge in [-0.3, -0.25) is 24.0 Å². The lowest BCUT2D eigenvalue weighted by molar-refractivity contribution is 0.0997. The molecule has 2 N–H and O–H groups in total. The van der Waals surface area contributed by atoms with E-state index in [-0.39, 0.29) is 28.0 Å². The van der Waals surface area contributed by atoms with Crippen molar-refractivity contribution >= 4 is 45.1 Å². The van der Waals surface area contributed by atoms with E-state index < -0.39 is 11.8 Å². The number of fused-ring (bicyclic) bond motifs is 2. The SMILES string of the molecule is CCc1ccc2oc(C(=O)Nc3cc(OC)c(OC)cc3C(=O)Nc3ccc(CCN(Cc4cccc(-n5ccnc5)c4)Cc4ccc5c(cnn5C)c4)cc3)cc(=O)c2c1. The van der Waals surface area contributed by atoms with E-state index in [1.165, 1.54) is 37.5 Å². The third kappa shape index (κ3) is 9.07. The number of ether oxygens (including phenoxy) is 2. The monoisotopic (exact) mass is 815 g/mol. The molecular formula is C48H45N7O6. The van der Waals surface area contributed by atoms with Gasteiger partial charge in [0.1, 0.15) is 5.58 Å². The fraction of sp³-hybridized carbons (Fsp3) is 0.188. The van der Waals surface area contributed by atoms with Crippen LogP contribution in [-0.2, 0) is 33.0 Å². The molecule has 5 aromatic carbocycles. The van der Waals surface area contributed by atoms with Gasteiger partial charge >= 0.3 is 0 Å². The molecule has 8 aromatic rings. The quantitative estimate of drug-likeness (QED) is 0.105. The van der Waals surface area contributed by atoms with Crippen LogP contribution in [0, 0.1) is 0 Å². The minimum absolute atomic E-state index is 0.114. The molecule has 0 radical (unpaired) electrons. The molecule has 3 aromatic heterocycles. The maximum Gasteiger partial charge on any atom is 0.291 e. The van der Waals surface area contributed by atoms with Crippen LogP contribution in [0.2, 0.25) is 0 Å². The topological polar surface area (TPSA) is 146 Å². The third-order valence-corrected chi connectivity index (χ3v) is 10.7. The summed E-state index contributed by atoms with van der Waals surface area (Å²) >= 11 is 0. The van der Waals surface area contributed by atoms with Crippen molar-refractivity contribution in [3.05, 3.63) is 172 Å². The van der Waals surface area contributed by atoms with Crippen LogP contribution in [0.4, 0.5) is 11.4 Å². The van der Waals surface area contributed by atoms with E-state index in [4.69, 9.17) is 13.9 Å². The van der Waals surface area contributed by atoms with Crippen LogP contribution in [-0.4, -0.2) is 56.8 Å². The molecular weight excluding hydrogens is 771 g/mol. The number of carbonyl (C=O) groups is 2. The van der Waals surface area contributed by atoms with Crippen molar-refractivity contribution in [1.82, 2.24) is 24.2 Å². The number of aryl methyl sites for hydroxylation is 2. The van der Waals surface area contributed by atoms with Crippen molar-refractivity contribution in [3.63, 3.8) is 0 Å². The second-order valence-corrected chi connectivity index (χ2v) is 14.8. The lowest BCUT2D eigenvalue weighted by Gasteiger charge is -2.23. The Morgan fingerprint density at radius 2 is 1.56 bits per heavy atom. The number of imidazole rings is 1. The summed E-state index contributed by atoms with van der Waals surface area (Å²) in [6, 6.07) is 32.1. The first-order chi connectivity index (χ1) is 29.7. The summed E-state index contributed by atoms with van der Waals surface area (Å²) in [5.41, 5.74) is 7.35. The van der Waals surface area contributed by atoms with Crippen molar-refractivity contribution in [2.45, 2.75) is 32.9 Å². The van der Waals surface area contributed by atoms with Gasteiger partial charge in [0, 0.05) is 68.0 Å². The molecule has 8 rings (SSSR count). The first-order valence-electron chi connectivity index (χ1n) is 19.9. The maximum absolute atomic E-state index is 13.9. The van der Waals surface area contributed by atoms with Gasteiger partial charge in [0.25, 0.3) is 11.8 Å². The zero-order valence-corrected chi connectivity index (χ0v) is 34.3. The second-order valence-electron chi connectivity index (χ2n) is 14.8. The zero-order valence-electron chi connectivity index (χ0n) is 34.3. The van der Waals surface area contributed by atoms with E-state index >= 15 is 0 Å². The minimum atomic E-state index is -0.707. The van der Waals surface area contributed by atoms with E-state index in [9.17, 15) is 14.4 Å². The Kier molecular flexibility index (Phi) is 11.7. The molecule has 13 heteroatoms. The molecule has 0 spiro atoms. The number of hydrogen-bond donors (Lipinski definition) is 2. The summed E-state index contributed by atoms with van der Waals surface area (Å²) in [5, 5.41) is 11.6. The molecule has 308 valence electrons. The Morgan fingerprint density at radius 3 is 2.31 bits per heavy atom. The standard InChI is InChI=1S/C48H45N7O6/c1-5-31-12-16-43-39(23-31)42(56)26-46(61-43)48(58)52-40-25-45(60-4)44(59-3)24-38(40)47(57)51-36-13-9-32(10-14-36)17-19-54(29-34-11-15-41-35(21-34)27-50-53(41)2)28-33-7-6-8-37(22-33)55-20-18-49-30-55/h6-16,18,20-27,30H,5,17,19,28-29H2,1-4H3,(H,51,57)(H,52,58). The van der Waals surface area contributed by atoms with Crippen molar-refractivity contribution in [2.75, 3.05) is 31.4 Å². The van der Waals surface area contributed by atoms with E-state index in [2.05, 4.69) is 68.1 Å². The van der Waals surface area contributed by atoms with Gasteiger partial charge < -0.3 is 29.1 Å². The molecule has 0 aliphatic carbocycles. The number of hydrogen-bond acceptors (Lipinski definition) is 9. The first-order valence-corrected chi connectivity index (χ1v) is 19.9. The molecule has 0 atom stereocenters. The number of methoxy groups -OCH3 is 2. The van der Waals surface area contributed by atoms with Gasteiger partial charge in [0.15, 0.2) is 22.7 Å². The Morgan fingerprint density at radius 1 is 0.803 bits per heavy atom. The number of aromatic nitrogens is 4. The van der Waals surface area contributed by atoms with Crippen LogP contribution in [0.1, 0.15) is 50.1 Å². The van der Waals surface area contributed by atoms with Crippen LogP contribution in [0.25, 0.3) is 27.6 Å². The van der Waals surface area contributed by atoms with Gasteiger partial charge in [-0.2, -0.15) is 5.10 Å². The number of benzene rings is 5. The Balaban J connectivity index is 0.982. The van der Waals surface area contributed by atoms with Crippen LogP contribution >= 0.6 is 0 Å². The fourth-order valence-corrected chi connectivity index (χ4v) is 7.40. The summed E-state index contributed by atoms with van der Waals surface area (Å²) in [5.74, 6) is -0.811. The average molecular weight is 816 g/mol. The summed E-state index contributed by atoms with van der Waals surface area (Å²) in [6.45, 7) is 4.24. The van der Waals surface area contributed by atoms with Crippen LogP contribution in [0.3, 0.4) is 0 Å². The van der Waals surface area contributed by atoms with Crippen molar-refractivity contribution in [2.24, 2.45) is 7.05 Å². The lowest BCUT2D eigenvalue weighted by atomic mass is 10.1. The van der Waals surface area contributed by atoms with Gasteiger partial charge in [0.2, 0.25) is 0 Å². The molecule has 3 heterocycles. The molecule has 13 nitrogen and oxygen atoms in total. The molecule has 0 saturated heterocycles. The largest absolute Gasteiger partial charge is 0.493 e. The number of nitrogens with one attached hydrogen (secondary N) is 2. The third-order valence-electron chi connectivity index (χ3n) is 10.7. The highest BCUT2D eigenvalue weighted by atomic mass is 16.5. The van der Waals surface area contributed by atoms with Gasteiger partial charge in [-0.15, -0.1) is 0 Å². The summed E-state index contributed by atoms with van der Waals surface area (Å²) in [4.78, 5) is 47.0. The van der Waals surface area contributed by atoms with Crippen molar-refractivity contribution in [3.8, 4) is 17.2 Å². The van der Waals surface area contributed by atoms with E-state index in [1.807, 2.05) is 65.9 Å². The molecule has 0 unspecified atom stereocenters. The highest BCUT2D eigenvalue weighted by molar-refractivity contribution is 6.12. The molecule has 0 saturated carbocycles. The van der Waals surface area contributed by atoms with Crippen LogP contribution in [0.15, 0.2) is 137 Å². The first kappa shape index (κ1) is 40.3. The summed E-state index contributed by atoms with van der Waals surface area (Å²) < 4.78 is 20.7. The molecule has 0 fully saturated rings. The van der Waals surface area contributed by atoms with E-state index in [0.29, 0.717) is 22.6 Å². The number of rotatable bonds is 15. The molecule has 0 bridgehead atoms. The highest BCUT2D eigenvalue weighted by Gasteiger charge is 2.22. The summed E-state index contributed by atoms with van der Waals surface area (Å²) in [6.07, 6.45) is 8.92. The zero-order chi connectivity index (χ0) is 42.5. The molecule has 61 heavy (non-hydrogen) atoms. The van der Waals surface area contributed by atoms with Gasteiger partial charge in [-0.05, 0) is 89.7 Å². The number of anilines is 2. The van der Waals surface area contributed by atoms with Crippen molar-refractivity contribution in [1.29, 1.82) is 0 Å². The average Bonchev–Trinajstić information content (AvgIpc) is 3.96. The Hall–Kier alpha value is -7.51. The van der Waals surface area contributed by atoms with Gasteiger partial charge in [-0.25, -0.2) is 4.98 Å². The van der Waals surface area contributed by atoms with Gasteiger partial charge in [0.05, 0.1) is 48.9 Å². The second kappa shape index (κ2) is 17.8. The van der Waals surface area contributed by atoms with Gasteiger partial charge in [-0.1, -0.05) is 43.3 Å².